The molecule has 1 aliphatic rings. The largest absolute Gasteiger partial charge is 0.480 e. The number of carboxylic acids is 1. The van der Waals surface area contributed by atoms with Crippen LogP contribution in [0.2, 0.25) is 0 Å². The van der Waals surface area contributed by atoms with E-state index >= 15 is 0 Å². The predicted molar refractivity (Wildman–Crippen MR) is 79.3 cm³/mol. The van der Waals surface area contributed by atoms with Crippen molar-refractivity contribution >= 4 is 11.9 Å². The number of carbonyl (C=O) groups excluding carboxylic acids is 1. The lowest BCUT2D eigenvalue weighted by Crippen LogP contribution is -2.52. The van der Waals surface area contributed by atoms with Crippen LogP contribution in [0.4, 0.5) is 4.39 Å². The molecule has 2 heterocycles. The second-order valence-corrected chi connectivity index (χ2v) is 5.30. The number of morpholine rings is 1. The molecule has 0 radical (unpaired) electrons. The highest BCUT2D eigenvalue weighted by atomic mass is 19.1. The third kappa shape index (κ3) is 2.98. The van der Waals surface area contributed by atoms with Crippen LogP contribution < -0.4 is 0 Å². The summed E-state index contributed by atoms with van der Waals surface area (Å²) in [4.78, 5) is 29.1. The third-order valence-corrected chi connectivity index (χ3v) is 3.71. The number of halogens is 1. The van der Waals surface area contributed by atoms with Crippen molar-refractivity contribution in [3.8, 4) is 5.69 Å². The molecule has 1 aliphatic heterocycles. The van der Waals surface area contributed by atoms with E-state index < -0.39 is 17.9 Å². The van der Waals surface area contributed by atoms with Crippen molar-refractivity contribution in [1.82, 2.24) is 19.7 Å². The lowest BCUT2D eigenvalue weighted by atomic mass is 10.2. The quantitative estimate of drug-likeness (QED) is 0.885. The Labute approximate surface area is 136 Å². The molecule has 1 fully saturated rings. The third-order valence-electron chi connectivity index (χ3n) is 3.71. The highest BCUT2D eigenvalue weighted by molar-refractivity contribution is 5.93. The molecular formula is C15H15FN4O4. The van der Waals surface area contributed by atoms with E-state index in [2.05, 4.69) is 10.1 Å². The van der Waals surface area contributed by atoms with Gasteiger partial charge in [-0.2, -0.15) is 0 Å². The van der Waals surface area contributed by atoms with Gasteiger partial charge in [0.2, 0.25) is 5.82 Å². The first kappa shape index (κ1) is 16.1. The van der Waals surface area contributed by atoms with Gasteiger partial charge < -0.3 is 14.7 Å². The zero-order valence-corrected chi connectivity index (χ0v) is 12.8. The van der Waals surface area contributed by atoms with Gasteiger partial charge in [0, 0.05) is 6.54 Å². The van der Waals surface area contributed by atoms with Crippen molar-refractivity contribution in [2.75, 3.05) is 19.8 Å². The normalized spacial score (nSPS) is 17.8. The Bertz CT molecular complexity index is 774. The van der Waals surface area contributed by atoms with Crippen molar-refractivity contribution in [1.29, 1.82) is 0 Å². The molecule has 1 aromatic carbocycles. The zero-order valence-electron chi connectivity index (χ0n) is 12.8. The van der Waals surface area contributed by atoms with Crippen LogP contribution in [0.5, 0.6) is 0 Å². The number of hydrogen-bond acceptors (Lipinski definition) is 5. The Morgan fingerprint density at radius 3 is 2.71 bits per heavy atom. The summed E-state index contributed by atoms with van der Waals surface area (Å²) in [5.74, 6) is -1.77. The number of ether oxygens (including phenoxy) is 1. The summed E-state index contributed by atoms with van der Waals surface area (Å²) < 4.78 is 19.5. The number of aromatic nitrogens is 3. The van der Waals surface area contributed by atoms with Gasteiger partial charge >= 0.3 is 5.97 Å². The molecule has 3 rings (SSSR count). The molecular weight excluding hydrogens is 319 g/mol. The number of aryl methyl sites for hydroxylation is 1. The van der Waals surface area contributed by atoms with Gasteiger partial charge in [-0.15, -0.1) is 5.10 Å². The molecule has 0 aliphatic carbocycles. The maximum atomic E-state index is 13.0. The van der Waals surface area contributed by atoms with Crippen molar-refractivity contribution in [3.63, 3.8) is 0 Å². The fourth-order valence-corrected chi connectivity index (χ4v) is 2.49. The molecule has 1 aromatic heterocycles. The van der Waals surface area contributed by atoms with Crippen LogP contribution in [-0.2, 0) is 9.53 Å². The van der Waals surface area contributed by atoms with Crippen molar-refractivity contribution in [2.24, 2.45) is 0 Å². The van der Waals surface area contributed by atoms with Crippen molar-refractivity contribution in [3.05, 3.63) is 41.7 Å². The molecule has 9 heteroatoms. The minimum atomic E-state index is -1.14. The summed E-state index contributed by atoms with van der Waals surface area (Å²) in [6.07, 6.45) is 0. The summed E-state index contributed by atoms with van der Waals surface area (Å²) in [5.41, 5.74) is 0.553. The minimum Gasteiger partial charge on any atom is -0.480 e. The van der Waals surface area contributed by atoms with Gasteiger partial charge in [-0.25, -0.2) is 18.9 Å². The molecule has 0 spiro atoms. The molecule has 0 bridgehead atoms. The minimum absolute atomic E-state index is 0.0707. The Morgan fingerprint density at radius 1 is 1.33 bits per heavy atom. The highest BCUT2D eigenvalue weighted by Gasteiger charge is 2.35. The Balaban J connectivity index is 1.89. The van der Waals surface area contributed by atoms with Gasteiger partial charge in [0.15, 0.2) is 6.04 Å². The Hall–Kier alpha value is -2.81. The maximum Gasteiger partial charge on any atom is 0.328 e. The number of amides is 1. The summed E-state index contributed by atoms with van der Waals surface area (Å²) in [5, 5.41) is 13.3. The van der Waals surface area contributed by atoms with Gasteiger partial charge in [0.25, 0.3) is 5.91 Å². The van der Waals surface area contributed by atoms with Crippen molar-refractivity contribution in [2.45, 2.75) is 13.0 Å². The Morgan fingerprint density at radius 2 is 2.04 bits per heavy atom. The summed E-state index contributed by atoms with van der Waals surface area (Å²) >= 11 is 0. The van der Waals surface area contributed by atoms with Gasteiger partial charge in [-0.3, -0.25) is 4.79 Å². The smallest absolute Gasteiger partial charge is 0.328 e. The first-order chi connectivity index (χ1) is 11.5. The summed E-state index contributed by atoms with van der Waals surface area (Å²) in [6.45, 7) is 1.99. The number of rotatable bonds is 3. The molecule has 126 valence electrons. The molecule has 24 heavy (non-hydrogen) atoms. The van der Waals surface area contributed by atoms with E-state index in [-0.39, 0.29) is 31.4 Å². The van der Waals surface area contributed by atoms with Crippen LogP contribution in [0.15, 0.2) is 24.3 Å². The van der Waals surface area contributed by atoms with E-state index in [4.69, 9.17) is 4.74 Å². The van der Waals surface area contributed by atoms with Crippen LogP contribution in [-0.4, -0.2) is 62.4 Å². The average molecular weight is 334 g/mol. The lowest BCUT2D eigenvalue weighted by molar-refractivity contribution is -0.147. The summed E-state index contributed by atoms with van der Waals surface area (Å²) in [6, 6.07) is 4.52. The fourth-order valence-electron chi connectivity index (χ4n) is 2.49. The molecule has 0 saturated carbocycles. The molecule has 1 saturated heterocycles. The van der Waals surface area contributed by atoms with Gasteiger partial charge in [-0.05, 0) is 31.2 Å². The number of nitrogens with zero attached hydrogens (tertiary/aromatic N) is 4. The fraction of sp³-hybridized carbons (Fsp3) is 0.333. The molecule has 1 unspecified atom stereocenters. The molecule has 8 nitrogen and oxygen atoms in total. The van der Waals surface area contributed by atoms with Crippen LogP contribution >= 0.6 is 0 Å². The molecule has 1 amide bonds. The first-order valence-electron chi connectivity index (χ1n) is 7.28. The number of aliphatic carboxylic acids is 1. The van der Waals surface area contributed by atoms with E-state index in [1.54, 1.807) is 6.92 Å². The highest BCUT2D eigenvalue weighted by Crippen LogP contribution is 2.14. The van der Waals surface area contributed by atoms with Crippen LogP contribution in [0.25, 0.3) is 5.69 Å². The van der Waals surface area contributed by atoms with E-state index in [9.17, 15) is 19.1 Å². The first-order valence-corrected chi connectivity index (χ1v) is 7.28. The van der Waals surface area contributed by atoms with Gasteiger partial charge in [0.05, 0.1) is 18.9 Å². The zero-order chi connectivity index (χ0) is 17.3. The lowest BCUT2D eigenvalue weighted by Gasteiger charge is -2.31. The molecule has 1 atom stereocenters. The molecule has 2 aromatic rings. The van der Waals surface area contributed by atoms with E-state index in [1.165, 1.54) is 33.8 Å². The van der Waals surface area contributed by atoms with E-state index in [0.717, 1.165) is 0 Å². The number of carboxylic acid groups (broad SMARTS) is 1. The van der Waals surface area contributed by atoms with E-state index in [0.29, 0.717) is 11.5 Å². The van der Waals surface area contributed by atoms with Crippen molar-refractivity contribution < 1.29 is 23.8 Å². The monoisotopic (exact) mass is 334 g/mol. The standard InChI is InChI=1S/C15H15FN4O4/c1-9-17-13(18-20(9)11-4-2-10(16)3-5-11)14(21)19-6-7-24-8-12(19)15(22)23/h2-5,12H,6-8H2,1H3,(H,22,23). The van der Waals surface area contributed by atoms with Gasteiger partial charge in [-0.1, -0.05) is 0 Å². The Kier molecular flexibility index (Phi) is 4.26. The van der Waals surface area contributed by atoms with E-state index in [1.807, 2.05) is 0 Å². The van der Waals surface area contributed by atoms with Crippen LogP contribution in [0, 0.1) is 12.7 Å². The predicted octanol–water partition coefficient (Wildman–Crippen LogP) is 0.640. The second kappa shape index (κ2) is 6.36. The van der Waals surface area contributed by atoms with Crippen LogP contribution in [0.3, 0.4) is 0 Å². The average Bonchev–Trinajstić information content (AvgIpc) is 2.96. The topological polar surface area (TPSA) is 97.6 Å². The summed E-state index contributed by atoms with van der Waals surface area (Å²) in [7, 11) is 0. The number of hydrogen-bond donors (Lipinski definition) is 1. The van der Waals surface area contributed by atoms with Crippen LogP contribution in [0.1, 0.15) is 16.4 Å². The second-order valence-electron chi connectivity index (χ2n) is 5.30. The number of benzene rings is 1. The number of carbonyl (C=O) groups is 2. The van der Waals surface area contributed by atoms with Gasteiger partial charge in [0.1, 0.15) is 11.6 Å². The maximum absolute atomic E-state index is 13.0. The SMILES string of the molecule is Cc1nc(C(=O)N2CCOCC2C(=O)O)nn1-c1ccc(F)cc1. The molecule has 1 N–H and O–H groups in total.